The van der Waals surface area contributed by atoms with Gasteiger partial charge in [-0.25, -0.2) is 4.79 Å². The van der Waals surface area contributed by atoms with Crippen molar-refractivity contribution in [3.05, 3.63) is 97.2 Å². The molecule has 0 bridgehead atoms. The lowest BCUT2D eigenvalue weighted by atomic mass is 10.0. The van der Waals surface area contributed by atoms with Crippen LogP contribution in [0, 0.1) is 0 Å². The maximum atomic E-state index is 12.8. The third kappa shape index (κ3) is 53.8. The smallest absolute Gasteiger partial charge is 0.361 e. The van der Waals surface area contributed by atoms with Gasteiger partial charge in [-0.15, -0.1) is 0 Å². The molecule has 0 aliphatic heterocycles. The van der Waals surface area contributed by atoms with E-state index < -0.39 is 24.3 Å². The number of allylic oxidation sites excluding steroid dienone is 16. The Morgan fingerprint density at radius 2 is 0.817 bits per heavy atom. The first-order chi connectivity index (χ1) is 34.6. The van der Waals surface area contributed by atoms with Crippen molar-refractivity contribution in [2.45, 2.75) is 232 Å². The Hall–Kier alpha value is -3.79. The number of rotatable bonds is 51. The molecule has 0 aliphatic rings. The lowest BCUT2D eigenvalue weighted by Gasteiger charge is -2.25. The van der Waals surface area contributed by atoms with E-state index in [4.69, 9.17) is 18.9 Å². The number of carbonyl (C=O) groups excluding carboxylic acids is 2. The molecule has 0 heterocycles. The van der Waals surface area contributed by atoms with Crippen LogP contribution < -0.4 is 0 Å². The minimum absolute atomic E-state index is 0.172. The molecule has 0 saturated heterocycles. The zero-order chi connectivity index (χ0) is 52.0. The van der Waals surface area contributed by atoms with E-state index in [9.17, 15) is 19.5 Å². The number of hydrogen-bond donors (Lipinski definition) is 1. The molecule has 0 spiro atoms. The van der Waals surface area contributed by atoms with Gasteiger partial charge in [-0.05, 0) is 89.9 Å². The van der Waals surface area contributed by atoms with Crippen LogP contribution in [0.15, 0.2) is 97.2 Å². The van der Waals surface area contributed by atoms with Gasteiger partial charge >= 0.3 is 17.9 Å². The molecule has 0 rings (SSSR count). The molecule has 0 amide bonds. The number of carbonyl (C=O) groups is 3. The predicted octanol–water partition coefficient (Wildman–Crippen LogP) is 16.6. The van der Waals surface area contributed by atoms with E-state index >= 15 is 0 Å². The Kier molecular flexibility index (Phi) is 49.7. The Morgan fingerprint density at radius 3 is 1.25 bits per heavy atom. The van der Waals surface area contributed by atoms with Crippen LogP contribution >= 0.6 is 0 Å². The summed E-state index contributed by atoms with van der Waals surface area (Å²) in [4.78, 5) is 37.4. The maximum absolute atomic E-state index is 12.8. The van der Waals surface area contributed by atoms with Crippen molar-refractivity contribution < 1.29 is 42.9 Å². The van der Waals surface area contributed by atoms with Gasteiger partial charge in [-0.2, -0.15) is 0 Å². The molecule has 2 unspecified atom stereocenters. The van der Waals surface area contributed by atoms with Crippen LogP contribution in [-0.4, -0.2) is 87.4 Å². The lowest BCUT2D eigenvalue weighted by molar-refractivity contribution is -0.870. The van der Waals surface area contributed by atoms with E-state index in [0.717, 1.165) is 64.2 Å². The number of unbranched alkanes of at least 4 members (excludes halogenated alkanes) is 20. The van der Waals surface area contributed by atoms with Gasteiger partial charge < -0.3 is 28.5 Å². The molecule has 0 aliphatic carbocycles. The largest absolute Gasteiger partial charge is 0.477 e. The average Bonchev–Trinajstić information content (AvgIpc) is 3.34. The lowest BCUT2D eigenvalue weighted by Crippen LogP contribution is -2.40. The molecule has 9 nitrogen and oxygen atoms in total. The van der Waals surface area contributed by atoms with Crippen molar-refractivity contribution in [3.8, 4) is 0 Å². The van der Waals surface area contributed by atoms with Crippen molar-refractivity contribution in [2.75, 3.05) is 47.5 Å². The standard InChI is InChI=1S/C62H105NO8/c1-6-8-10-12-14-16-18-20-22-24-26-28-30-32-34-36-38-40-42-44-46-48-50-52-59(64)69-56-58(57-70-62(61(66)67)68-55-54-63(3,4)5)71-60(65)53-51-49-47-45-43-41-39-37-35-33-31-29-27-25-23-21-19-17-15-13-11-9-7-2/h9,11,15,17,21,23-24,26-27,29,33,35,39,41,45,47,58,62H,6-8,10,12-14,16,18-20,22,25,28,30-32,34,36-38,40,42-44,46,48-57H2,1-5H3/p+1/b11-9-,17-15-,23-21-,26-24-,29-27-,35-33-,41-39-,47-45-. The zero-order valence-corrected chi connectivity index (χ0v) is 46.1. The fourth-order valence-corrected chi connectivity index (χ4v) is 7.47. The van der Waals surface area contributed by atoms with Gasteiger partial charge in [0.25, 0.3) is 6.29 Å². The summed E-state index contributed by atoms with van der Waals surface area (Å²) in [6, 6.07) is 0. The number of esters is 2. The number of quaternary nitrogens is 1. The first-order valence-electron chi connectivity index (χ1n) is 28.4. The van der Waals surface area contributed by atoms with Gasteiger partial charge in [0.05, 0.1) is 34.4 Å². The fourth-order valence-electron chi connectivity index (χ4n) is 7.47. The third-order valence-corrected chi connectivity index (χ3v) is 11.8. The SMILES string of the molecule is CC/C=C\C/C=C\C/C=C\C/C=C\C/C=C\C/C=C\C/C=C\CCCC(=O)OC(COC(=O)CCCCCCCCCCCCC/C=C\CCCCCCCCCC)COC(OCC[N+](C)(C)C)C(=O)O. The summed E-state index contributed by atoms with van der Waals surface area (Å²) in [5.74, 6) is -2.09. The molecule has 1 N–H and O–H groups in total. The molecule has 0 aromatic rings. The quantitative estimate of drug-likeness (QED) is 0.0211. The second-order valence-corrected chi connectivity index (χ2v) is 19.9. The van der Waals surface area contributed by atoms with Crippen LogP contribution in [0.5, 0.6) is 0 Å². The molecule has 0 aromatic carbocycles. The molecule has 406 valence electrons. The van der Waals surface area contributed by atoms with Crippen LogP contribution in [0.1, 0.15) is 219 Å². The van der Waals surface area contributed by atoms with E-state index in [0.29, 0.717) is 23.9 Å². The van der Waals surface area contributed by atoms with E-state index in [1.165, 1.54) is 116 Å². The fraction of sp³-hybridized carbons (Fsp3) is 0.694. The molecule has 2 atom stereocenters. The molecule has 71 heavy (non-hydrogen) atoms. The van der Waals surface area contributed by atoms with Gasteiger partial charge in [0.1, 0.15) is 13.2 Å². The highest BCUT2D eigenvalue weighted by Crippen LogP contribution is 2.15. The summed E-state index contributed by atoms with van der Waals surface area (Å²) in [7, 11) is 5.94. The van der Waals surface area contributed by atoms with Crippen LogP contribution in [0.2, 0.25) is 0 Å². The van der Waals surface area contributed by atoms with Crippen molar-refractivity contribution in [2.24, 2.45) is 0 Å². The normalized spacial score (nSPS) is 13.5. The summed E-state index contributed by atoms with van der Waals surface area (Å²) in [5.41, 5.74) is 0. The minimum Gasteiger partial charge on any atom is -0.477 e. The number of aliphatic carboxylic acids is 1. The first-order valence-corrected chi connectivity index (χ1v) is 28.4. The number of carboxylic acids is 1. The number of likely N-dealkylation sites (N-methyl/N-ethyl adjacent to an activating group) is 1. The van der Waals surface area contributed by atoms with Crippen molar-refractivity contribution in [1.82, 2.24) is 0 Å². The molecular weight excluding hydrogens is 887 g/mol. The first kappa shape index (κ1) is 67.2. The van der Waals surface area contributed by atoms with Gasteiger partial charge in [-0.1, -0.05) is 214 Å². The van der Waals surface area contributed by atoms with Crippen LogP contribution in [-0.2, 0) is 33.3 Å². The number of nitrogens with zero attached hydrogens (tertiary/aromatic N) is 1. The zero-order valence-electron chi connectivity index (χ0n) is 46.1. The Balaban J connectivity index is 4.38. The highest BCUT2D eigenvalue weighted by Gasteiger charge is 2.25. The monoisotopic (exact) mass is 993 g/mol. The second-order valence-electron chi connectivity index (χ2n) is 19.9. The molecular formula is C62H106NO8+. The molecule has 0 fully saturated rings. The Morgan fingerprint density at radius 1 is 0.437 bits per heavy atom. The van der Waals surface area contributed by atoms with E-state index in [2.05, 4.69) is 111 Å². The average molecular weight is 994 g/mol. The minimum atomic E-state index is -1.53. The third-order valence-electron chi connectivity index (χ3n) is 11.8. The maximum Gasteiger partial charge on any atom is 0.361 e. The van der Waals surface area contributed by atoms with Crippen LogP contribution in [0.4, 0.5) is 0 Å². The topological polar surface area (TPSA) is 108 Å². The Bertz CT molecular complexity index is 1480. The highest BCUT2D eigenvalue weighted by molar-refractivity contribution is 5.71. The van der Waals surface area contributed by atoms with Gasteiger partial charge in [0.15, 0.2) is 6.10 Å². The highest BCUT2D eigenvalue weighted by atomic mass is 16.7. The summed E-state index contributed by atoms with van der Waals surface area (Å²) in [6.45, 7) is 4.69. The number of ether oxygens (including phenoxy) is 4. The van der Waals surface area contributed by atoms with Gasteiger partial charge in [-0.3, -0.25) is 9.59 Å². The van der Waals surface area contributed by atoms with Crippen molar-refractivity contribution in [3.63, 3.8) is 0 Å². The summed E-state index contributed by atoms with van der Waals surface area (Å²) >= 11 is 0. The van der Waals surface area contributed by atoms with E-state index in [-0.39, 0.29) is 38.6 Å². The van der Waals surface area contributed by atoms with Crippen LogP contribution in [0.3, 0.4) is 0 Å². The second kappa shape index (κ2) is 52.5. The molecule has 9 heteroatoms. The van der Waals surface area contributed by atoms with Gasteiger partial charge in [0.2, 0.25) is 0 Å². The Labute approximate surface area is 435 Å². The predicted molar refractivity (Wildman–Crippen MR) is 299 cm³/mol. The summed E-state index contributed by atoms with van der Waals surface area (Å²) in [5, 5.41) is 9.69. The molecule has 0 radical (unpaired) electrons. The molecule has 0 saturated carbocycles. The van der Waals surface area contributed by atoms with E-state index in [1.807, 2.05) is 21.1 Å². The van der Waals surface area contributed by atoms with E-state index in [1.54, 1.807) is 0 Å². The summed E-state index contributed by atoms with van der Waals surface area (Å²) in [6.07, 6.45) is 67.8. The van der Waals surface area contributed by atoms with Crippen molar-refractivity contribution in [1.29, 1.82) is 0 Å². The number of carboxylic acid groups (broad SMARTS) is 1. The van der Waals surface area contributed by atoms with Crippen molar-refractivity contribution >= 4 is 17.9 Å². The van der Waals surface area contributed by atoms with Gasteiger partial charge in [0, 0.05) is 12.8 Å². The summed E-state index contributed by atoms with van der Waals surface area (Å²) < 4.78 is 22.8. The number of hydrogen-bond acceptors (Lipinski definition) is 7. The molecule has 0 aromatic heterocycles. The van der Waals surface area contributed by atoms with Crippen LogP contribution in [0.25, 0.3) is 0 Å².